The molecule has 0 spiro atoms. The van der Waals surface area contributed by atoms with Crippen LogP contribution < -0.4 is 10.6 Å². The number of ether oxygens (including phenoxy) is 1. The van der Waals surface area contributed by atoms with E-state index in [-0.39, 0.29) is 0 Å². The Hall–Kier alpha value is -0.770. The van der Waals surface area contributed by atoms with E-state index in [0.29, 0.717) is 12.1 Å². The van der Waals surface area contributed by atoms with Gasteiger partial charge in [0, 0.05) is 19.2 Å². The van der Waals surface area contributed by atoms with Crippen molar-refractivity contribution < 1.29 is 4.74 Å². The first-order chi connectivity index (χ1) is 7.34. The summed E-state index contributed by atoms with van der Waals surface area (Å²) in [5, 5.41) is 6.61. The molecule has 0 aromatic heterocycles. The summed E-state index contributed by atoms with van der Waals surface area (Å²) in [4.78, 5) is 4.35. The van der Waals surface area contributed by atoms with Gasteiger partial charge in [-0.3, -0.25) is 4.99 Å². The molecule has 0 amide bonds. The number of nitrogens with one attached hydrogen (secondary N) is 2. The molecule has 86 valence electrons. The molecule has 4 nitrogen and oxygen atoms in total. The highest BCUT2D eigenvalue weighted by molar-refractivity contribution is 5.81. The third-order valence-corrected chi connectivity index (χ3v) is 2.94. The quantitative estimate of drug-likeness (QED) is 0.728. The van der Waals surface area contributed by atoms with Gasteiger partial charge in [-0.05, 0) is 32.6 Å². The van der Waals surface area contributed by atoms with Crippen molar-refractivity contribution in [2.24, 2.45) is 4.99 Å². The van der Waals surface area contributed by atoms with Crippen molar-refractivity contribution in [1.29, 1.82) is 0 Å². The molecule has 2 heterocycles. The predicted octanol–water partition coefficient (Wildman–Crippen LogP) is 0.883. The number of hydrogen-bond donors (Lipinski definition) is 2. The van der Waals surface area contributed by atoms with Crippen molar-refractivity contribution in [3.63, 3.8) is 0 Å². The summed E-state index contributed by atoms with van der Waals surface area (Å²) in [5.41, 5.74) is 0. The van der Waals surface area contributed by atoms with Gasteiger partial charge in [0.25, 0.3) is 0 Å². The van der Waals surface area contributed by atoms with Crippen molar-refractivity contribution in [2.75, 3.05) is 19.7 Å². The first-order valence-corrected chi connectivity index (χ1v) is 6.01. The molecule has 2 N–H and O–H groups in total. The number of rotatable bonds is 3. The second-order valence-electron chi connectivity index (χ2n) is 4.44. The lowest BCUT2D eigenvalue weighted by Gasteiger charge is -2.22. The van der Waals surface area contributed by atoms with Crippen molar-refractivity contribution in [1.82, 2.24) is 10.6 Å². The van der Waals surface area contributed by atoms with Crippen molar-refractivity contribution >= 4 is 5.96 Å². The van der Waals surface area contributed by atoms with Gasteiger partial charge in [0.1, 0.15) is 0 Å². The fourth-order valence-corrected chi connectivity index (χ4v) is 2.05. The number of hydrogen-bond acceptors (Lipinski definition) is 4. The monoisotopic (exact) mass is 211 g/mol. The van der Waals surface area contributed by atoms with Gasteiger partial charge in [0.2, 0.25) is 0 Å². The maximum absolute atomic E-state index is 5.66. The van der Waals surface area contributed by atoms with Crippen LogP contribution in [0.15, 0.2) is 4.99 Å². The normalized spacial score (nSPS) is 30.9. The van der Waals surface area contributed by atoms with E-state index in [4.69, 9.17) is 4.74 Å². The SMILES string of the molecule is CC1CN=C(NCCC2CCCCO2)N1. The second-order valence-corrected chi connectivity index (χ2v) is 4.44. The van der Waals surface area contributed by atoms with E-state index in [1.807, 2.05) is 0 Å². The molecule has 1 saturated heterocycles. The molecule has 0 radical (unpaired) electrons. The third kappa shape index (κ3) is 3.38. The number of nitrogens with zero attached hydrogens (tertiary/aromatic N) is 1. The molecule has 2 rings (SSSR count). The van der Waals surface area contributed by atoms with Crippen LogP contribution >= 0.6 is 0 Å². The molecule has 0 aliphatic carbocycles. The Kier molecular flexibility index (Phi) is 3.83. The molecule has 0 aromatic carbocycles. The van der Waals surface area contributed by atoms with Crippen LogP contribution in [0.4, 0.5) is 0 Å². The van der Waals surface area contributed by atoms with Crippen LogP contribution in [-0.2, 0) is 4.74 Å². The Morgan fingerprint density at radius 3 is 3.13 bits per heavy atom. The van der Waals surface area contributed by atoms with Crippen LogP contribution in [0, 0.1) is 0 Å². The topological polar surface area (TPSA) is 45.7 Å². The number of aliphatic imine (C=N–C) groups is 1. The van der Waals surface area contributed by atoms with E-state index < -0.39 is 0 Å². The average Bonchev–Trinajstić information content (AvgIpc) is 2.66. The minimum absolute atomic E-state index is 0.464. The van der Waals surface area contributed by atoms with Crippen LogP contribution in [0.2, 0.25) is 0 Å². The van der Waals surface area contributed by atoms with Gasteiger partial charge in [0.05, 0.1) is 12.6 Å². The van der Waals surface area contributed by atoms with Crippen molar-refractivity contribution in [2.45, 2.75) is 44.8 Å². The zero-order chi connectivity index (χ0) is 10.5. The standard InChI is InChI=1S/C11H21N3O/c1-9-8-13-11(14-9)12-6-5-10-4-2-3-7-15-10/h9-10H,2-8H2,1H3,(H2,12,13,14). The minimum atomic E-state index is 0.464. The van der Waals surface area contributed by atoms with Gasteiger partial charge in [-0.1, -0.05) is 0 Å². The van der Waals surface area contributed by atoms with Crippen molar-refractivity contribution in [3.8, 4) is 0 Å². The van der Waals surface area contributed by atoms with Crippen LogP contribution in [-0.4, -0.2) is 37.8 Å². The maximum atomic E-state index is 5.66. The minimum Gasteiger partial charge on any atom is -0.378 e. The lowest BCUT2D eigenvalue weighted by molar-refractivity contribution is 0.0122. The molecule has 0 bridgehead atoms. The Labute approximate surface area is 91.5 Å². The molecule has 2 aliphatic heterocycles. The van der Waals surface area contributed by atoms with Gasteiger partial charge in [-0.15, -0.1) is 0 Å². The largest absolute Gasteiger partial charge is 0.378 e. The van der Waals surface area contributed by atoms with Crippen LogP contribution in [0.5, 0.6) is 0 Å². The molecule has 0 aromatic rings. The molecular formula is C11H21N3O. The van der Waals surface area contributed by atoms with Gasteiger partial charge >= 0.3 is 0 Å². The molecule has 4 heteroatoms. The van der Waals surface area contributed by atoms with Gasteiger partial charge in [-0.25, -0.2) is 0 Å². The molecule has 15 heavy (non-hydrogen) atoms. The van der Waals surface area contributed by atoms with Crippen LogP contribution in [0.1, 0.15) is 32.6 Å². The number of guanidine groups is 1. The Bertz CT molecular complexity index is 224. The van der Waals surface area contributed by atoms with E-state index in [0.717, 1.165) is 32.1 Å². The summed E-state index contributed by atoms with van der Waals surface area (Å²) < 4.78 is 5.66. The average molecular weight is 211 g/mol. The maximum Gasteiger partial charge on any atom is 0.191 e. The highest BCUT2D eigenvalue weighted by Gasteiger charge is 2.15. The van der Waals surface area contributed by atoms with E-state index in [9.17, 15) is 0 Å². The molecule has 2 atom stereocenters. The summed E-state index contributed by atoms with van der Waals surface area (Å²) in [5.74, 6) is 0.957. The Morgan fingerprint density at radius 1 is 1.53 bits per heavy atom. The summed E-state index contributed by atoms with van der Waals surface area (Å²) in [6.07, 6.45) is 5.33. The molecular weight excluding hydrogens is 190 g/mol. The van der Waals surface area contributed by atoms with E-state index in [1.54, 1.807) is 0 Å². The molecule has 2 aliphatic rings. The highest BCUT2D eigenvalue weighted by Crippen LogP contribution is 2.14. The van der Waals surface area contributed by atoms with E-state index in [2.05, 4.69) is 22.5 Å². The fourth-order valence-electron chi connectivity index (χ4n) is 2.05. The van der Waals surface area contributed by atoms with Gasteiger partial charge < -0.3 is 15.4 Å². The summed E-state index contributed by atoms with van der Waals surface area (Å²) in [7, 11) is 0. The Balaban J connectivity index is 1.58. The lowest BCUT2D eigenvalue weighted by atomic mass is 10.1. The van der Waals surface area contributed by atoms with Gasteiger partial charge in [-0.2, -0.15) is 0 Å². The second kappa shape index (κ2) is 5.35. The Morgan fingerprint density at radius 2 is 2.47 bits per heavy atom. The first kappa shape index (κ1) is 10.7. The first-order valence-electron chi connectivity index (χ1n) is 6.01. The van der Waals surface area contributed by atoms with E-state index >= 15 is 0 Å². The smallest absolute Gasteiger partial charge is 0.191 e. The molecule has 1 fully saturated rings. The zero-order valence-electron chi connectivity index (χ0n) is 9.46. The summed E-state index contributed by atoms with van der Waals surface area (Å²) >= 11 is 0. The molecule has 2 unspecified atom stereocenters. The summed E-state index contributed by atoms with van der Waals surface area (Å²) in [6.45, 7) is 4.94. The zero-order valence-corrected chi connectivity index (χ0v) is 9.46. The molecule has 0 saturated carbocycles. The fraction of sp³-hybridized carbons (Fsp3) is 0.909. The summed E-state index contributed by atoms with van der Waals surface area (Å²) in [6, 6.07) is 0.485. The van der Waals surface area contributed by atoms with Gasteiger partial charge in [0.15, 0.2) is 5.96 Å². The van der Waals surface area contributed by atoms with Crippen LogP contribution in [0.3, 0.4) is 0 Å². The lowest BCUT2D eigenvalue weighted by Crippen LogP contribution is -2.39. The van der Waals surface area contributed by atoms with E-state index in [1.165, 1.54) is 19.3 Å². The third-order valence-electron chi connectivity index (χ3n) is 2.94. The predicted molar refractivity (Wildman–Crippen MR) is 61.1 cm³/mol. The van der Waals surface area contributed by atoms with Crippen LogP contribution in [0.25, 0.3) is 0 Å². The van der Waals surface area contributed by atoms with Crippen molar-refractivity contribution in [3.05, 3.63) is 0 Å². The highest BCUT2D eigenvalue weighted by atomic mass is 16.5.